The molecular formula is C29H44O10. The Morgan fingerprint density at radius 2 is 1.67 bits per heavy atom. The molecule has 1 saturated heterocycles. The fourth-order valence-electron chi connectivity index (χ4n) is 9.86. The van der Waals surface area contributed by atoms with Gasteiger partial charge in [0.1, 0.15) is 24.9 Å². The molecule has 4 aliphatic carbocycles. The molecule has 0 amide bonds. The van der Waals surface area contributed by atoms with Crippen LogP contribution in [0.25, 0.3) is 0 Å². The zero-order valence-electron chi connectivity index (χ0n) is 23.0. The maximum absolute atomic E-state index is 12.4. The number of aliphatic hydroxyl groups excluding tert-OH is 4. The maximum atomic E-state index is 12.4. The predicted octanol–water partition coefficient (Wildman–Crippen LogP) is 0.542. The number of fused-ring (bicyclic) bond motifs is 5. The monoisotopic (exact) mass is 552 g/mol. The second-order valence-electron chi connectivity index (χ2n) is 13.8. The number of ether oxygens (including phenoxy) is 3. The van der Waals surface area contributed by atoms with Gasteiger partial charge in [0.05, 0.1) is 29.5 Å². The lowest BCUT2D eigenvalue weighted by atomic mass is 9.41. The first-order valence-corrected chi connectivity index (χ1v) is 14.6. The summed E-state index contributed by atoms with van der Waals surface area (Å²) in [5.74, 6) is -0.455. The summed E-state index contributed by atoms with van der Waals surface area (Å²) in [6.07, 6.45) is -1.71. The van der Waals surface area contributed by atoms with E-state index in [9.17, 15) is 35.4 Å². The Morgan fingerprint density at radius 3 is 2.36 bits per heavy atom. The van der Waals surface area contributed by atoms with Gasteiger partial charge in [-0.2, -0.15) is 0 Å². The van der Waals surface area contributed by atoms with Crippen LogP contribution in [0.2, 0.25) is 0 Å². The molecule has 2 heterocycles. The molecule has 6 rings (SSSR count). The van der Waals surface area contributed by atoms with Gasteiger partial charge in [0.15, 0.2) is 6.29 Å². The van der Waals surface area contributed by atoms with Crippen LogP contribution in [-0.2, 0) is 19.0 Å². The van der Waals surface area contributed by atoms with Gasteiger partial charge in [-0.3, -0.25) is 0 Å². The number of cyclic esters (lactones) is 1. The van der Waals surface area contributed by atoms with Crippen molar-refractivity contribution >= 4 is 5.97 Å². The van der Waals surface area contributed by atoms with Gasteiger partial charge in [0.25, 0.3) is 0 Å². The molecule has 4 saturated carbocycles. The maximum Gasteiger partial charge on any atom is 0.331 e. The summed E-state index contributed by atoms with van der Waals surface area (Å²) in [5, 5.41) is 66.8. The van der Waals surface area contributed by atoms with Crippen molar-refractivity contribution < 1.29 is 49.6 Å². The molecule has 220 valence electrons. The normalized spacial score (nSPS) is 57.3. The average molecular weight is 553 g/mol. The van der Waals surface area contributed by atoms with Gasteiger partial charge in [0.2, 0.25) is 0 Å². The minimum Gasteiger partial charge on any atom is -0.458 e. The van der Waals surface area contributed by atoms with Crippen LogP contribution in [0.3, 0.4) is 0 Å². The van der Waals surface area contributed by atoms with Gasteiger partial charge in [-0.25, -0.2) is 4.79 Å². The van der Waals surface area contributed by atoms with Crippen molar-refractivity contribution in [2.45, 2.75) is 126 Å². The SMILES string of the molecule is C[C@@H]1O[C@@H](O[C@@H]2C[C@H](O)[C@]3(C)[C@@H]4CC[C@]5(C)[C@@H](C6=CC(=O)OC6)CC[C@]5(O)[C@H]4CC[C@]3(O)C2)[C@H](O)[C@H](O)[C@H]1O. The van der Waals surface area contributed by atoms with Crippen LogP contribution >= 0.6 is 0 Å². The Labute approximate surface area is 229 Å². The van der Waals surface area contributed by atoms with Gasteiger partial charge in [-0.05, 0) is 68.8 Å². The molecule has 14 atom stereocenters. The first kappa shape index (κ1) is 28.0. The van der Waals surface area contributed by atoms with Crippen LogP contribution in [0.4, 0.5) is 0 Å². The van der Waals surface area contributed by atoms with Crippen LogP contribution in [0.1, 0.15) is 72.1 Å². The zero-order chi connectivity index (χ0) is 28.1. The minimum absolute atomic E-state index is 0.0655. The highest BCUT2D eigenvalue weighted by Crippen LogP contribution is 2.70. The predicted molar refractivity (Wildman–Crippen MR) is 136 cm³/mol. The molecule has 0 spiro atoms. The van der Waals surface area contributed by atoms with Crippen LogP contribution < -0.4 is 0 Å². The number of rotatable bonds is 3. The molecule has 0 unspecified atom stereocenters. The van der Waals surface area contributed by atoms with Crippen molar-refractivity contribution in [2.24, 2.45) is 28.6 Å². The van der Waals surface area contributed by atoms with Gasteiger partial charge < -0.3 is 44.8 Å². The summed E-state index contributed by atoms with van der Waals surface area (Å²) >= 11 is 0. The number of hydrogen-bond donors (Lipinski definition) is 6. The number of carbonyl (C=O) groups is 1. The van der Waals surface area contributed by atoms with E-state index in [1.165, 1.54) is 0 Å². The Bertz CT molecular complexity index is 1030. The van der Waals surface area contributed by atoms with Crippen molar-refractivity contribution in [2.75, 3.05) is 6.61 Å². The molecule has 0 aromatic rings. The number of hydrogen-bond acceptors (Lipinski definition) is 10. The lowest BCUT2D eigenvalue weighted by molar-refractivity contribution is -0.329. The van der Waals surface area contributed by atoms with Crippen LogP contribution in [0.5, 0.6) is 0 Å². The van der Waals surface area contributed by atoms with Gasteiger partial charge in [-0.1, -0.05) is 13.8 Å². The lowest BCUT2D eigenvalue weighted by Crippen LogP contribution is -2.71. The smallest absolute Gasteiger partial charge is 0.331 e. The molecule has 10 heteroatoms. The third kappa shape index (κ3) is 3.79. The summed E-state index contributed by atoms with van der Waals surface area (Å²) in [6, 6.07) is 0. The largest absolute Gasteiger partial charge is 0.458 e. The molecule has 0 radical (unpaired) electrons. The zero-order valence-corrected chi connectivity index (χ0v) is 23.0. The number of carbonyl (C=O) groups excluding carboxylic acids is 1. The van der Waals surface area contributed by atoms with E-state index in [1.807, 2.05) is 6.92 Å². The summed E-state index contributed by atoms with van der Waals surface area (Å²) in [4.78, 5) is 11.8. The van der Waals surface area contributed by atoms with Gasteiger partial charge in [-0.15, -0.1) is 0 Å². The molecular weight excluding hydrogens is 508 g/mol. The van der Waals surface area contributed by atoms with Crippen molar-refractivity contribution in [1.82, 2.24) is 0 Å². The molecule has 6 aliphatic rings. The number of aliphatic hydroxyl groups is 6. The first-order chi connectivity index (χ1) is 18.2. The fraction of sp³-hybridized carbons (Fsp3) is 0.897. The van der Waals surface area contributed by atoms with Crippen molar-refractivity contribution in [1.29, 1.82) is 0 Å². The molecule has 0 aromatic carbocycles. The molecule has 0 aromatic heterocycles. The Hall–Kier alpha value is -1.11. The van der Waals surface area contributed by atoms with Crippen LogP contribution in [-0.4, -0.2) is 97.3 Å². The third-order valence-corrected chi connectivity index (χ3v) is 12.3. The Kier molecular flexibility index (Phi) is 6.61. The van der Waals surface area contributed by atoms with Crippen LogP contribution in [0, 0.1) is 28.6 Å². The molecule has 39 heavy (non-hydrogen) atoms. The van der Waals surface area contributed by atoms with E-state index in [0.29, 0.717) is 19.3 Å². The standard InChI is InChI=1S/C29H44O10/c1-14-22(32)23(33)24(34)25(38-14)39-16-11-20(30)27(3)18-4-7-26(2)17(15-10-21(31)37-13-15)6-9-29(26,36)19(18)5-8-28(27,35)12-16/h10,14,16-20,22-25,30,32-36H,4-9,11-13H2,1-3H3/t14-,16+,17+,18+,19-,20-,22-,23+,24+,25-,26+,27-,28-,29-/m0/s1. The van der Waals surface area contributed by atoms with E-state index in [1.54, 1.807) is 13.0 Å². The minimum atomic E-state index is -1.46. The first-order valence-electron chi connectivity index (χ1n) is 14.6. The van der Waals surface area contributed by atoms with E-state index in [0.717, 1.165) is 24.8 Å². The highest BCUT2D eigenvalue weighted by atomic mass is 16.7. The van der Waals surface area contributed by atoms with E-state index in [4.69, 9.17) is 14.2 Å². The molecule has 0 bridgehead atoms. The summed E-state index contributed by atoms with van der Waals surface area (Å²) in [5.41, 5.74) is -2.55. The Balaban J connectivity index is 1.23. The Morgan fingerprint density at radius 1 is 0.949 bits per heavy atom. The quantitative estimate of drug-likeness (QED) is 0.215. The van der Waals surface area contributed by atoms with Crippen molar-refractivity contribution in [3.8, 4) is 0 Å². The third-order valence-electron chi connectivity index (χ3n) is 12.3. The van der Waals surface area contributed by atoms with Gasteiger partial charge in [0, 0.05) is 29.7 Å². The summed E-state index contributed by atoms with van der Waals surface area (Å²) < 4.78 is 16.8. The number of esters is 1. The van der Waals surface area contributed by atoms with E-state index < -0.39 is 64.9 Å². The second-order valence-corrected chi connectivity index (χ2v) is 13.8. The summed E-state index contributed by atoms with van der Waals surface area (Å²) in [6.45, 7) is 5.95. The fourth-order valence-corrected chi connectivity index (χ4v) is 9.86. The lowest BCUT2D eigenvalue weighted by Gasteiger charge is -2.67. The second kappa shape index (κ2) is 9.19. The highest BCUT2D eigenvalue weighted by molar-refractivity contribution is 5.85. The topological polar surface area (TPSA) is 166 Å². The molecule has 6 N–H and O–H groups in total. The van der Waals surface area contributed by atoms with Crippen molar-refractivity contribution in [3.63, 3.8) is 0 Å². The van der Waals surface area contributed by atoms with Gasteiger partial charge >= 0.3 is 5.97 Å². The van der Waals surface area contributed by atoms with E-state index >= 15 is 0 Å². The van der Waals surface area contributed by atoms with E-state index in [-0.39, 0.29) is 43.2 Å². The highest BCUT2D eigenvalue weighted by Gasteiger charge is 2.72. The molecule has 5 fully saturated rings. The van der Waals surface area contributed by atoms with Crippen LogP contribution in [0.15, 0.2) is 11.6 Å². The average Bonchev–Trinajstić information content (AvgIpc) is 3.42. The molecule has 10 nitrogen and oxygen atoms in total. The summed E-state index contributed by atoms with van der Waals surface area (Å²) in [7, 11) is 0. The van der Waals surface area contributed by atoms with E-state index in [2.05, 4.69) is 6.92 Å². The van der Waals surface area contributed by atoms with Crippen molar-refractivity contribution in [3.05, 3.63) is 11.6 Å². The molecule has 2 aliphatic heterocycles.